The number of hydrogen-bond donors (Lipinski definition) is 2. The maximum absolute atomic E-state index is 13.7. The Morgan fingerprint density at radius 2 is 1.61 bits per heavy atom. The summed E-state index contributed by atoms with van der Waals surface area (Å²) in [5.74, 6) is 1.68. The van der Waals surface area contributed by atoms with Crippen molar-refractivity contribution in [3.05, 3.63) is 81.5 Å². The SMILES string of the molecule is COc1cc2c(c(OC)c1OC)-c1ccc(NC(C)C(=O)N3CCC(c4ccccc4)CC3)c(=O)cc1C(NC(C)=O)CC2. The lowest BCUT2D eigenvalue weighted by Gasteiger charge is -2.34. The number of ether oxygens (including phenoxy) is 3. The summed E-state index contributed by atoms with van der Waals surface area (Å²) in [5.41, 5.74) is 4.48. The summed E-state index contributed by atoms with van der Waals surface area (Å²) < 4.78 is 17.1. The second-order valence-electron chi connectivity index (χ2n) is 11.5. The molecule has 1 fully saturated rings. The third-order valence-corrected chi connectivity index (χ3v) is 8.74. The average molecular weight is 600 g/mol. The zero-order chi connectivity index (χ0) is 31.4. The molecule has 3 aromatic rings. The van der Waals surface area contributed by atoms with Crippen LogP contribution in [0.5, 0.6) is 17.2 Å². The van der Waals surface area contributed by atoms with Crippen molar-refractivity contribution in [2.45, 2.75) is 57.5 Å². The van der Waals surface area contributed by atoms with E-state index in [1.54, 1.807) is 40.4 Å². The first-order valence-electron chi connectivity index (χ1n) is 15.1. The predicted octanol–water partition coefficient (Wildman–Crippen LogP) is 5.07. The Morgan fingerprint density at radius 1 is 0.909 bits per heavy atom. The fourth-order valence-corrected chi connectivity index (χ4v) is 6.55. The second kappa shape index (κ2) is 13.4. The minimum atomic E-state index is -0.601. The fraction of sp³-hybridized carbons (Fsp3) is 0.400. The molecule has 1 heterocycles. The van der Waals surface area contributed by atoms with Gasteiger partial charge in [0.2, 0.25) is 23.0 Å². The van der Waals surface area contributed by atoms with Gasteiger partial charge in [-0.1, -0.05) is 36.4 Å². The molecular formula is C35H41N3O6. The number of nitrogens with zero attached hydrogens (tertiary/aromatic N) is 1. The van der Waals surface area contributed by atoms with Crippen LogP contribution in [0.15, 0.2) is 59.4 Å². The average Bonchev–Trinajstić information content (AvgIpc) is 3.28. The third-order valence-electron chi connectivity index (χ3n) is 8.74. The summed E-state index contributed by atoms with van der Waals surface area (Å²) >= 11 is 0. The molecule has 0 spiro atoms. The molecule has 5 rings (SSSR count). The number of likely N-dealkylation sites (tertiary alicyclic amines) is 1. The summed E-state index contributed by atoms with van der Waals surface area (Å²) in [6.07, 6.45) is 2.99. The lowest BCUT2D eigenvalue weighted by atomic mass is 9.89. The van der Waals surface area contributed by atoms with Gasteiger partial charge in [-0.05, 0) is 79.0 Å². The van der Waals surface area contributed by atoms with Crippen molar-refractivity contribution < 1.29 is 23.8 Å². The van der Waals surface area contributed by atoms with Crippen LogP contribution >= 0.6 is 0 Å². The van der Waals surface area contributed by atoms with E-state index in [1.165, 1.54) is 12.5 Å². The summed E-state index contributed by atoms with van der Waals surface area (Å²) in [4.78, 5) is 41.2. The first kappa shape index (κ1) is 30.9. The van der Waals surface area contributed by atoms with Crippen LogP contribution in [0.4, 0.5) is 5.69 Å². The first-order valence-corrected chi connectivity index (χ1v) is 15.1. The molecule has 3 aromatic carbocycles. The number of amides is 2. The number of hydrogen-bond acceptors (Lipinski definition) is 7. The minimum absolute atomic E-state index is 0.0380. The molecule has 232 valence electrons. The largest absolute Gasteiger partial charge is 0.493 e. The van der Waals surface area contributed by atoms with Crippen LogP contribution in [0, 0.1) is 0 Å². The van der Waals surface area contributed by atoms with Crippen LogP contribution in [-0.2, 0) is 16.0 Å². The number of carbonyl (C=O) groups excluding carboxylic acids is 2. The van der Waals surface area contributed by atoms with Gasteiger partial charge in [0.05, 0.1) is 33.1 Å². The van der Waals surface area contributed by atoms with Gasteiger partial charge < -0.3 is 29.7 Å². The van der Waals surface area contributed by atoms with Crippen LogP contribution in [0.2, 0.25) is 0 Å². The van der Waals surface area contributed by atoms with E-state index in [2.05, 4.69) is 34.9 Å². The van der Waals surface area contributed by atoms with Gasteiger partial charge in [0.25, 0.3) is 0 Å². The third kappa shape index (κ3) is 6.23. The number of anilines is 1. The van der Waals surface area contributed by atoms with Crippen LogP contribution in [0.3, 0.4) is 0 Å². The monoisotopic (exact) mass is 599 g/mol. The second-order valence-corrected chi connectivity index (χ2v) is 11.5. The molecule has 9 nitrogen and oxygen atoms in total. The maximum Gasteiger partial charge on any atom is 0.244 e. The summed E-state index contributed by atoms with van der Waals surface area (Å²) in [5, 5.41) is 6.21. The fourth-order valence-electron chi connectivity index (χ4n) is 6.55. The molecule has 2 amide bonds. The molecule has 0 saturated carbocycles. The van der Waals surface area contributed by atoms with Crippen LogP contribution in [0.1, 0.15) is 61.8 Å². The molecule has 0 radical (unpaired) electrons. The number of nitrogens with one attached hydrogen (secondary N) is 2. The highest BCUT2D eigenvalue weighted by Crippen LogP contribution is 2.50. The smallest absolute Gasteiger partial charge is 0.244 e. The molecule has 1 aliphatic heterocycles. The Labute approximate surface area is 258 Å². The van der Waals surface area contributed by atoms with Crippen LogP contribution < -0.4 is 30.3 Å². The Morgan fingerprint density at radius 3 is 2.25 bits per heavy atom. The lowest BCUT2D eigenvalue weighted by molar-refractivity contribution is -0.132. The number of benzene rings is 2. The molecule has 44 heavy (non-hydrogen) atoms. The summed E-state index contributed by atoms with van der Waals surface area (Å²) in [7, 11) is 4.69. The van der Waals surface area contributed by atoms with E-state index in [0.29, 0.717) is 60.3 Å². The topological polar surface area (TPSA) is 106 Å². The van der Waals surface area contributed by atoms with Crippen LogP contribution in [-0.4, -0.2) is 57.2 Å². The van der Waals surface area contributed by atoms with E-state index in [4.69, 9.17) is 14.2 Å². The van der Waals surface area contributed by atoms with E-state index >= 15 is 0 Å². The number of piperidine rings is 1. The Kier molecular flexibility index (Phi) is 9.42. The summed E-state index contributed by atoms with van der Waals surface area (Å²) in [6.45, 7) is 4.60. The molecule has 9 heteroatoms. The molecule has 2 unspecified atom stereocenters. The van der Waals surface area contributed by atoms with Gasteiger partial charge in [-0.25, -0.2) is 0 Å². The van der Waals surface area contributed by atoms with Gasteiger partial charge >= 0.3 is 0 Å². The van der Waals surface area contributed by atoms with Gasteiger partial charge in [0.15, 0.2) is 11.5 Å². The van der Waals surface area contributed by atoms with Gasteiger partial charge in [-0.3, -0.25) is 14.4 Å². The van der Waals surface area contributed by atoms with E-state index in [0.717, 1.165) is 29.5 Å². The minimum Gasteiger partial charge on any atom is -0.493 e. The van der Waals surface area contributed by atoms with Crippen molar-refractivity contribution in [3.8, 4) is 28.4 Å². The molecule has 0 bridgehead atoms. The number of fused-ring (bicyclic) bond motifs is 3. The van der Waals surface area contributed by atoms with Crippen molar-refractivity contribution in [1.82, 2.24) is 10.2 Å². The van der Waals surface area contributed by atoms with Gasteiger partial charge in [-0.2, -0.15) is 0 Å². The summed E-state index contributed by atoms with van der Waals surface area (Å²) in [6, 6.07) is 16.5. The van der Waals surface area contributed by atoms with Crippen molar-refractivity contribution in [1.29, 1.82) is 0 Å². The van der Waals surface area contributed by atoms with Crippen molar-refractivity contribution in [2.24, 2.45) is 0 Å². The van der Waals surface area contributed by atoms with E-state index in [1.807, 2.05) is 23.1 Å². The normalized spacial score (nSPS) is 16.9. The lowest BCUT2D eigenvalue weighted by Crippen LogP contribution is -2.45. The maximum atomic E-state index is 13.7. The standard InChI is InChI=1S/C35H41N3O6/c1-21(35(41)38-17-15-24(16-18-38)23-9-7-6-8-10-23)36-29-14-12-26-27(20-30(29)40)28(37-22(2)39)13-11-25-19-31(42-3)33(43-4)34(44-5)32(25)26/h6-10,12,14,19-21,24,28H,11,13,15-18H2,1-5H3,(H,36,40)(H,37,39). The molecular weight excluding hydrogens is 558 g/mol. The number of methoxy groups -OCH3 is 3. The van der Waals surface area contributed by atoms with E-state index in [9.17, 15) is 14.4 Å². The van der Waals surface area contributed by atoms with Crippen molar-refractivity contribution in [2.75, 3.05) is 39.7 Å². The van der Waals surface area contributed by atoms with Gasteiger partial charge in [0, 0.05) is 25.6 Å². The Balaban J connectivity index is 1.46. The predicted molar refractivity (Wildman–Crippen MR) is 171 cm³/mol. The van der Waals surface area contributed by atoms with Crippen molar-refractivity contribution in [3.63, 3.8) is 0 Å². The van der Waals surface area contributed by atoms with Gasteiger partial charge in [-0.15, -0.1) is 0 Å². The van der Waals surface area contributed by atoms with Gasteiger partial charge in [0.1, 0.15) is 6.04 Å². The molecule has 2 aliphatic rings. The molecule has 1 saturated heterocycles. The van der Waals surface area contributed by atoms with Crippen molar-refractivity contribution >= 4 is 17.5 Å². The Bertz CT molecular complexity index is 1580. The van der Waals surface area contributed by atoms with E-state index < -0.39 is 12.1 Å². The van der Waals surface area contributed by atoms with Crippen LogP contribution in [0.25, 0.3) is 11.1 Å². The molecule has 2 atom stereocenters. The highest BCUT2D eigenvalue weighted by molar-refractivity contribution is 5.86. The number of rotatable bonds is 8. The number of aryl methyl sites for hydroxylation is 1. The zero-order valence-corrected chi connectivity index (χ0v) is 26.1. The molecule has 1 aliphatic carbocycles. The quantitative estimate of drug-likeness (QED) is 0.373. The van der Waals surface area contributed by atoms with E-state index in [-0.39, 0.29) is 17.2 Å². The highest BCUT2D eigenvalue weighted by Gasteiger charge is 2.30. The highest BCUT2D eigenvalue weighted by atomic mass is 16.5. The first-order chi connectivity index (χ1) is 21.2. The number of carbonyl (C=O) groups is 2. The zero-order valence-electron chi connectivity index (χ0n) is 26.1. The molecule has 2 N–H and O–H groups in total. The Hall–Kier alpha value is -4.53. The molecule has 0 aromatic heterocycles.